The average Bonchev–Trinajstić information content (AvgIpc) is 2.66. The van der Waals surface area contributed by atoms with E-state index in [9.17, 15) is 19.9 Å². The topological polar surface area (TPSA) is 146 Å². The van der Waals surface area contributed by atoms with E-state index < -0.39 is 19.3 Å². The van der Waals surface area contributed by atoms with Crippen molar-refractivity contribution < 1.29 is 43.7 Å². The van der Waals surface area contributed by atoms with Crippen molar-refractivity contribution in [3.63, 3.8) is 0 Å². The predicted molar refractivity (Wildman–Crippen MR) is 101 cm³/mol. The fourth-order valence-corrected chi connectivity index (χ4v) is 3.02. The van der Waals surface area contributed by atoms with Crippen LogP contribution >= 0.6 is 7.82 Å². The first kappa shape index (κ1) is 21.7. The third-order valence-electron chi connectivity index (χ3n) is 3.88. The molecular weight excluding hydrogens is 391 g/mol. The van der Waals surface area contributed by atoms with Gasteiger partial charge in [-0.1, -0.05) is 12.2 Å². The molecule has 2 aromatic carbocycles. The normalized spacial score (nSPS) is 11.6. The molecule has 0 fully saturated rings. The minimum absolute atomic E-state index is 0.0165. The molecule has 0 heterocycles. The Labute approximate surface area is 161 Å². The van der Waals surface area contributed by atoms with E-state index in [1.807, 2.05) is 0 Å². The van der Waals surface area contributed by atoms with E-state index in [4.69, 9.17) is 19.3 Å². The summed E-state index contributed by atoms with van der Waals surface area (Å²) in [6.07, 6.45) is 3.02. The van der Waals surface area contributed by atoms with Gasteiger partial charge in [-0.3, -0.25) is 9.79 Å². The molecule has 0 radical (unpaired) electrons. The fraction of sp³-hybridized carbons (Fsp3) is 0.222. The Morgan fingerprint density at radius 2 is 1.68 bits per heavy atom. The zero-order valence-corrected chi connectivity index (χ0v) is 16.1. The van der Waals surface area contributed by atoms with Crippen molar-refractivity contribution in [2.45, 2.75) is 13.2 Å². The van der Waals surface area contributed by atoms with Gasteiger partial charge in [-0.2, -0.15) is 0 Å². The van der Waals surface area contributed by atoms with E-state index in [0.717, 1.165) is 0 Å². The molecule has 5 N–H and O–H groups in total. The summed E-state index contributed by atoms with van der Waals surface area (Å²) in [5.74, 6) is -0.641. The maximum absolute atomic E-state index is 11.2. The van der Waals surface area contributed by atoms with Gasteiger partial charge < -0.3 is 29.3 Å². The zero-order chi connectivity index (χ0) is 20.9. The molecule has 2 rings (SSSR count). The second kappa shape index (κ2) is 9.09. The maximum atomic E-state index is 11.2. The highest BCUT2D eigenvalue weighted by Crippen LogP contribution is 2.47. The Morgan fingerprint density at radius 1 is 1.00 bits per heavy atom. The van der Waals surface area contributed by atoms with Crippen LogP contribution in [-0.2, 0) is 17.8 Å². The number of phosphoric acid groups is 1. The van der Waals surface area contributed by atoms with Crippen molar-refractivity contribution in [2.75, 3.05) is 14.2 Å². The second-order valence-electron chi connectivity index (χ2n) is 5.63. The summed E-state index contributed by atoms with van der Waals surface area (Å²) in [5.41, 5.74) is 1.67. The summed E-state index contributed by atoms with van der Waals surface area (Å²) in [4.78, 5) is 18.2. The number of hydrogen-bond donors (Lipinski definition) is 5. The van der Waals surface area contributed by atoms with Crippen LogP contribution in [0, 0.1) is 0 Å². The first-order chi connectivity index (χ1) is 13.2. The molecule has 0 unspecified atom stereocenters. The third-order valence-corrected chi connectivity index (χ3v) is 4.30. The third kappa shape index (κ3) is 5.03. The summed E-state index contributed by atoms with van der Waals surface area (Å²) in [7, 11) is -2.22. The second-order valence-corrected chi connectivity index (χ2v) is 6.79. The van der Waals surface area contributed by atoms with Crippen LogP contribution in [-0.4, -0.2) is 39.3 Å². The molecule has 152 valence electrons. The van der Waals surface area contributed by atoms with Crippen molar-refractivity contribution in [1.82, 2.24) is 0 Å². The molecule has 0 spiro atoms. The van der Waals surface area contributed by atoms with Crippen LogP contribution in [0.25, 0.3) is 12.2 Å². The number of benzene rings is 2. The summed E-state index contributed by atoms with van der Waals surface area (Å²) in [5, 5.41) is 29.1. The predicted octanol–water partition coefficient (Wildman–Crippen LogP) is 2.04. The number of aliphatic hydroxyl groups is 2. The van der Waals surface area contributed by atoms with Crippen LogP contribution in [0.3, 0.4) is 0 Å². The number of aromatic hydroxyl groups is 1. The molecule has 0 aromatic heterocycles. The van der Waals surface area contributed by atoms with E-state index >= 15 is 0 Å². The van der Waals surface area contributed by atoms with Gasteiger partial charge in [0.25, 0.3) is 0 Å². The van der Waals surface area contributed by atoms with E-state index in [1.165, 1.54) is 32.4 Å². The zero-order valence-electron chi connectivity index (χ0n) is 15.2. The molecular formula is C18H21O9P. The van der Waals surface area contributed by atoms with Crippen molar-refractivity contribution in [1.29, 1.82) is 0 Å². The van der Waals surface area contributed by atoms with Gasteiger partial charge >= 0.3 is 7.82 Å². The van der Waals surface area contributed by atoms with Gasteiger partial charge in [0.2, 0.25) is 5.75 Å². The molecule has 0 aliphatic heterocycles. The lowest BCUT2D eigenvalue weighted by molar-refractivity contribution is 0.254. The van der Waals surface area contributed by atoms with Gasteiger partial charge in [0, 0.05) is 11.1 Å². The number of ether oxygens (including phenoxy) is 2. The SMILES string of the molecule is COc1ccc(/C=C\c2cc(CO)c(CO)c(OC)c2)c(OP(=O)(O)O)c1O. The summed E-state index contributed by atoms with van der Waals surface area (Å²) in [6.45, 7) is -0.625. The first-order valence-corrected chi connectivity index (χ1v) is 9.51. The van der Waals surface area contributed by atoms with E-state index in [1.54, 1.807) is 18.2 Å². The molecule has 2 aromatic rings. The van der Waals surface area contributed by atoms with Crippen LogP contribution in [0.2, 0.25) is 0 Å². The van der Waals surface area contributed by atoms with Crippen LogP contribution in [0.1, 0.15) is 22.3 Å². The highest BCUT2D eigenvalue weighted by atomic mass is 31.2. The van der Waals surface area contributed by atoms with E-state index in [-0.39, 0.29) is 24.5 Å². The van der Waals surface area contributed by atoms with Crippen LogP contribution < -0.4 is 14.0 Å². The molecule has 0 atom stereocenters. The number of rotatable bonds is 8. The highest BCUT2D eigenvalue weighted by molar-refractivity contribution is 7.46. The van der Waals surface area contributed by atoms with E-state index in [0.29, 0.717) is 22.4 Å². The monoisotopic (exact) mass is 412 g/mol. The molecule has 9 nitrogen and oxygen atoms in total. The van der Waals surface area contributed by atoms with Crippen molar-refractivity contribution in [3.05, 3.63) is 46.5 Å². The van der Waals surface area contributed by atoms with Crippen molar-refractivity contribution in [2.24, 2.45) is 0 Å². The summed E-state index contributed by atoms with van der Waals surface area (Å²) >= 11 is 0. The molecule has 28 heavy (non-hydrogen) atoms. The lowest BCUT2D eigenvalue weighted by Gasteiger charge is -2.14. The Bertz CT molecular complexity index is 893. The Morgan fingerprint density at radius 3 is 2.21 bits per heavy atom. The smallest absolute Gasteiger partial charge is 0.502 e. The van der Waals surface area contributed by atoms with Gasteiger partial charge in [0.15, 0.2) is 11.5 Å². The lowest BCUT2D eigenvalue weighted by atomic mass is 10.0. The average molecular weight is 412 g/mol. The standard InChI is InChI=1S/C18H21O9P/c1-25-15-6-5-12(18(17(15)21)27-28(22,23)24)4-3-11-7-13(9-19)14(10-20)16(8-11)26-2/h3-8,19-21H,9-10H2,1-2H3,(H2,22,23,24)/b4-3-. The number of phenolic OH excluding ortho intramolecular Hbond substituents is 1. The molecule has 0 amide bonds. The largest absolute Gasteiger partial charge is 0.524 e. The maximum Gasteiger partial charge on any atom is 0.524 e. The molecule has 0 aliphatic carbocycles. The first-order valence-electron chi connectivity index (χ1n) is 7.98. The van der Waals surface area contributed by atoms with Crippen LogP contribution in [0.4, 0.5) is 0 Å². The fourth-order valence-electron chi connectivity index (χ4n) is 2.59. The quantitative estimate of drug-likeness (QED) is 0.325. The van der Waals surface area contributed by atoms with Gasteiger partial charge in [0.1, 0.15) is 5.75 Å². The van der Waals surface area contributed by atoms with Gasteiger partial charge in [-0.25, -0.2) is 4.57 Å². The number of methoxy groups -OCH3 is 2. The minimum Gasteiger partial charge on any atom is -0.502 e. The Hall–Kier alpha value is -2.55. The summed E-state index contributed by atoms with van der Waals surface area (Å²) < 4.78 is 26.0. The van der Waals surface area contributed by atoms with Crippen LogP contribution in [0.5, 0.6) is 23.0 Å². The van der Waals surface area contributed by atoms with Gasteiger partial charge in [0.05, 0.1) is 27.4 Å². The lowest BCUT2D eigenvalue weighted by Crippen LogP contribution is -1.99. The Kier molecular flexibility index (Phi) is 7.06. The molecule has 0 saturated carbocycles. The minimum atomic E-state index is -4.93. The molecule has 0 saturated heterocycles. The molecule has 0 bridgehead atoms. The number of phenols is 1. The number of aliphatic hydroxyl groups excluding tert-OH is 2. The van der Waals surface area contributed by atoms with E-state index in [2.05, 4.69) is 4.52 Å². The summed E-state index contributed by atoms with van der Waals surface area (Å²) in [6, 6.07) is 6.11. The number of hydrogen-bond acceptors (Lipinski definition) is 7. The van der Waals surface area contributed by atoms with Crippen LogP contribution in [0.15, 0.2) is 24.3 Å². The van der Waals surface area contributed by atoms with Gasteiger partial charge in [-0.15, -0.1) is 0 Å². The highest BCUT2D eigenvalue weighted by Gasteiger charge is 2.23. The van der Waals surface area contributed by atoms with Gasteiger partial charge in [-0.05, 0) is 35.4 Å². The molecule has 10 heteroatoms. The number of phosphoric ester groups is 1. The van der Waals surface area contributed by atoms with Crippen molar-refractivity contribution in [3.8, 4) is 23.0 Å². The molecule has 0 aliphatic rings. The Balaban J connectivity index is 2.52. The van der Waals surface area contributed by atoms with Crippen molar-refractivity contribution >= 4 is 20.0 Å².